The Bertz CT molecular complexity index is 711. The minimum absolute atomic E-state index is 0. The number of nitrogens with one attached hydrogen (secondary N) is 1. The Morgan fingerprint density at radius 3 is 2.21 bits per heavy atom. The van der Waals surface area contributed by atoms with E-state index in [9.17, 15) is 21.6 Å². The van der Waals surface area contributed by atoms with Gasteiger partial charge in [-0.25, -0.2) is 13.1 Å². The Balaban J connectivity index is 0.00000529. The van der Waals surface area contributed by atoms with Crippen LogP contribution in [0.25, 0.3) is 0 Å². The highest BCUT2D eigenvalue weighted by Gasteiger charge is 2.35. The number of hydrogen-bond donors (Lipinski definition) is 2. The third-order valence-corrected chi connectivity index (χ3v) is 5.15. The van der Waals surface area contributed by atoms with Gasteiger partial charge in [0.1, 0.15) is 0 Å². The summed E-state index contributed by atoms with van der Waals surface area (Å²) in [5.74, 6) is 0. The minimum atomic E-state index is -4.82. The lowest BCUT2D eigenvalue weighted by molar-refractivity contribution is -0.137. The molecular weight excluding hydrogens is 367 g/mol. The molecule has 0 spiro atoms. The molecule has 0 heterocycles. The molecule has 24 heavy (non-hydrogen) atoms. The van der Waals surface area contributed by atoms with Gasteiger partial charge in [-0.2, -0.15) is 18.4 Å². The van der Waals surface area contributed by atoms with Crippen LogP contribution in [0.5, 0.6) is 0 Å². The first-order chi connectivity index (χ1) is 10.5. The predicted molar refractivity (Wildman–Crippen MR) is 86.1 cm³/mol. The van der Waals surface area contributed by atoms with Gasteiger partial charge in [-0.3, -0.25) is 0 Å². The van der Waals surface area contributed by atoms with Crippen molar-refractivity contribution >= 4 is 22.4 Å². The van der Waals surface area contributed by atoms with Crippen LogP contribution in [-0.4, -0.2) is 20.5 Å². The van der Waals surface area contributed by atoms with Gasteiger partial charge in [0.25, 0.3) is 0 Å². The van der Waals surface area contributed by atoms with E-state index < -0.39 is 37.8 Å². The molecule has 1 aromatic rings. The highest BCUT2D eigenvalue weighted by molar-refractivity contribution is 7.89. The summed E-state index contributed by atoms with van der Waals surface area (Å²) in [6.07, 6.45) is -3.80. The van der Waals surface area contributed by atoms with Crippen LogP contribution in [0.1, 0.15) is 37.8 Å². The van der Waals surface area contributed by atoms with Crippen molar-refractivity contribution in [3.8, 4) is 6.07 Å². The van der Waals surface area contributed by atoms with Crippen molar-refractivity contribution in [2.75, 3.05) is 6.54 Å². The summed E-state index contributed by atoms with van der Waals surface area (Å²) in [7, 11) is -4.16. The molecule has 0 aromatic heterocycles. The Hall–Kier alpha value is -1.34. The second-order valence-corrected chi connectivity index (χ2v) is 6.98. The van der Waals surface area contributed by atoms with Gasteiger partial charge in [0.05, 0.1) is 22.1 Å². The van der Waals surface area contributed by atoms with Crippen molar-refractivity contribution in [2.24, 2.45) is 5.73 Å². The van der Waals surface area contributed by atoms with E-state index in [2.05, 4.69) is 4.72 Å². The number of halogens is 4. The maximum atomic E-state index is 12.9. The van der Waals surface area contributed by atoms with Gasteiger partial charge in [0.15, 0.2) is 0 Å². The largest absolute Gasteiger partial charge is 0.417 e. The third kappa shape index (κ3) is 5.34. The average Bonchev–Trinajstić information content (AvgIpc) is 2.51. The minimum Gasteiger partial charge on any atom is -0.324 e. The van der Waals surface area contributed by atoms with Crippen LogP contribution in [0, 0.1) is 11.3 Å². The van der Waals surface area contributed by atoms with E-state index in [-0.39, 0.29) is 19.0 Å². The van der Waals surface area contributed by atoms with Crippen molar-refractivity contribution in [3.05, 3.63) is 29.3 Å². The molecule has 0 aliphatic carbocycles. The molecule has 0 bridgehead atoms. The molecule has 1 rings (SSSR count). The molecule has 136 valence electrons. The molecule has 3 N–H and O–H groups in total. The summed E-state index contributed by atoms with van der Waals surface area (Å²) in [5, 5.41) is 8.72. The van der Waals surface area contributed by atoms with Gasteiger partial charge in [-0.1, -0.05) is 13.8 Å². The molecule has 0 aliphatic heterocycles. The number of nitriles is 1. The lowest BCUT2D eigenvalue weighted by Gasteiger charge is -2.26. The second kappa shape index (κ2) is 8.16. The number of hydrogen-bond acceptors (Lipinski definition) is 4. The Morgan fingerprint density at radius 2 is 1.79 bits per heavy atom. The number of benzene rings is 1. The smallest absolute Gasteiger partial charge is 0.324 e. The molecule has 5 nitrogen and oxygen atoms in total. The standard InChI is InChI=1S/C14H18F3N3O2S.ClH/c1-3-13(19,4-2)9-20-23(21,22)11-6-5-10(8-18)12(7-11)14(15,16)17;/h5-7,20H,3-4,9,19H2,1-2H3;1H. The molecule has 0 atom stereocenters. The van der Waals surface area contributed by atoms with Crippen molar-refractivity contribution in [1.29, 1.82) is 5.26 Å². The molecule has 0 fully saturated rings. The lowest BCUT2D eigenvalue weighted by Crippen LogP contribution is -2.49. The van der Waals surface area contributed by atoms with Crippen molar-refractivity contribution in [2.45, 2.75) is 43.3 Å². The molecule has 0 amide bonds. The van der Waals surface area contributed by atoms with E-state index in [1.54, 1.807) is 13.8 Å². The van der Waals surface area contributed by atoms with Crippen LogP contribution >= 0.6 is 12.4 Å². The Labute approximate surface area is 145 Å². The summed E-state index contributed by atoms with van der Waals surface area (Å²) < 4.78 is 65.3. The van der Waals surface area contributed by atoms with E-state index >= 15 is 0 Å². The van der Waals surface area contributed by atoms with E-state index in [1.807, 2.05) is 0 Å². The molecule has 1 aromatic carbocycles. The van der Waals surface area contributed by atoms with E-state index in [4.69, 9.17) is 11.0 Å². The van der Waals surface area contributed by atoms with Gasteiger partial charge in [-0.15, -0.1) is 12.4 Å². The molecule has 0 aliphatic rings. The number of alkyl halides is 3. The number of sulfonamides is 1. The van der Waals surface area contributed by atoms with Crippen LogP contribution in [0.4, 0.5) is 13.2 Å². The molecule has 10 heteroatoms. The van der Waals surface area contributed by atoms with Gasteiger partial charge < -0.3 is 5.73 Å². The molecule has 0 saturated carbocycles. The number of rotatable bonds is 6. The molecule has 0 saturated heterocycles. The van der Waals surface area contributed by atoms with Crippen molar-refractivity contribution in [1.82, 2.24) is 4.72 Å². The van der Waals surface area contributed by atoms with Crippen molar-refractivity contribution in [3.63, 3.8) is 0 Å². The zero-order valence-electron chi connectivity index (χ0n) is 13.1. The van der Waals surface area contributed by atoms with Crippen molar-refractivity contribution < 1.29 is 21.6 Å². The summed E-state index contributed by atoms with van der Waals surface area (Å²) in [6, 6.07) is 3.66. The van der Waals surface area contributed by atoms with Crippen LogP contribution in [0.15, 0.2) is 23.1 Å². The quantitative estimate of drug-likeness (QED) is 0.786. The first kappa shape index (κ1) is 22.7. The van der Waals surface area contributed by atoms with Crippen LogP contribution < -0.4 is 10.5 Å². The van der Waals surface area contributed by atoms with E-state index in [0.717, 1.165) is 12.1 Å². The summed E-state index contributed by atoms with van der Waals surface area (Å²) in [4.78, 5) is -0.557. The fourth-order valence-corrected chi connectivity index (χ4v) is 3.01. The van der Waals surface area contributed by atoms with Gasteiger partial charge in [0, 0.05) is 12.1 Å². The normalized spacial score (nSPS) is 12.4. The maximum Gasteiger partial charge on any atom is 0.417 e. The maximum absolute atomic E-state index is 12.9. The first-order valence-electron chi connectivity index (χ1n) is 6.89. The monoisotopic (exact) mass is 385 g/mol. The topological polar surface area (TPSA) is 96.0 Å². The van der Waals surface area contributed by atoms with Gasteiger partial charge in [0.2, 0.25) is 10.0 Å². The third-order valence-electron chi connectivity index (χ3n) is 3.75. The predicted octanol–water partition coefficient (Wildman–Crippen LogP) is 2.79. The number of nitrogens with two attached hydrogens (primary N) is 1. The Kier molecular flexibility index (Phi) is 7.70. The molecular formula is C14H19ClF3N3O2S. The average molecular weight is 386 g/mol. The van der Waals surface area contributed by atoms with Crippen LogP contribution in [-0.2, 0) is 16.2 Å². The summed E-state index contributed by atoms with van der Waals surface area (Å²) in [5.41, 5.74) is 3.29. The van der Waals surface area contributed by atoms with E-state index in [0.29, 0.717) is 18.9 Å². The highest BCUT2D eigenvalue weighted by atomic mass is 35.5. The lowest BCUT2D eigenvalue weighted by atomic mass is 9.95. The zero-order chi connectivity index (χ0) is 17.9. The van der Waals surface area contributed by atoms with Crippen LogP contribution in [0.3, 0.4) is 0 Å². The zero-order valence-corrected chi connectivity index (χ0v) is 14.8. The summed E-state index contributed by atoms with van der Waals surface area (Å²) >= 11 is 0. The molecule has 0 unspecified atom stereocenters. The fraction of sp³-hybridized carbons (Fsp3) is 0.500. The first-order valence-corrected chi connectivity index (χ1v) is 8.37. The van der Waals surface area contributed by atoms with E-state index in [1.165, 1.54) is 6.07 Å². The SMILES string of the molecule is CCC(N)(CC)CNS(=O)(=O)c1ccc(C#N)c(C(F)(F)F)c1.Cl. The summed E-state index contributed by atoms with van der Waals surface area (Å²) in [6.45, 7) is 3.49. The fourth-order valence-electron chi connectivity index (χ4n) is 1.84. The highest BCUT2D eigenvalue weighted by Crippen LogP contribution is 2.33. The molecule has 0 radical (unpaired) electrons. The number of nitrogens with zero attached hydrogens (tertiary/aromatic N) is 1. The van der Waals surface area contributed by atoms with Gasteiger partial charge in [-0.05, 0) is 31.0 Å². The Morgan fingerprint density at radius 1 is 1.25 bits per heavy atom. The van der Waals surface area contributed by atoms with Crippen LogP contribution in [0.2, 0.25) is 0 Å². The second-order valence-electron chi connectivity index (χ2n) is 5.21. The van der Waals surface area contributed by atoms with Gasteiger partial charge >= 0.3 is 6.18 Å².